The largest absolute Gasteiger partial charge is 0.362 e. The predicted molar refractivity (Wildman–Crippen MR) is 80.7 cm³/mol. The van der Waals surface area contributed by atoms with Crippen molar-refractivity contribution in [3.63, 3.8) is 0 Å². The van der Waals surface area contributed by atoms with Crippen molar-refractivity contribution in [1.82, 2.24) is 4.57 Å². The Bertz CT molecular complexity index is 809. The maximum atomic E-state index is 13.5. The number of hydrogen-bond donors (Lipinski definition) is 0. The van der Waals surface area contributed by atoms with Crippen molar-refractivity contribution in [1.29, 1.82) is 0 Å². The van der Waals surface area contributed by atoms with Crippen molar-refractivity contribution in [2.75, 3.05) is 6.61 Å². The van der Waals surface area contributed by atoms with Crippen LogP contribution in [0.25, 0.3) is 10.9 Å². The number of rotatable bonds is 1. The Balaban J connectivity index is 1.98. The molecule has 0 fully saturated rings. The first-order valence-corrected chi connectivity index (χ1v) is 7.17. The van der Waals surface area contributed by atoms with Crippen LogP contribution in [0.3, 0.4) is 0 Å². The third-order valence-corrected chi connectivity index (χ3v) is 4.38. The summed E-state index contributed by atoms with van der Waals surface area (Å²) in [5.41, 5.74) is 2.78. The van der Waals surface area contributed by atoms with Crippen molar-refractivity contribution in [2.24, 2.45) is 0 Å². The molecule has 0 bridgehead atoms. The van der Waals surface area contributed by atoms with Crippen LogP contribution < -0.4 is 0 Å². The summed E-state index contributed by atoms with van der Waals surface area (Å²) in [5, 5.41) is 0.928. The number of ether oxygens (including phenoxy) is 1. The molecular formula is C18H16FNO. The predicted octanol–water partition coefficient (Wildman–Crippen LogP) is 4.07. The summed E-state index contributed by atoms with van der Waals surface area (Å²) in [5.74, 6) is -0.201. The van der Waals surface area contributed by atoms with Crippen LogP contribution in [0.4, 0.5) is 4.39 Å². The maximum absolute atomic E-state index is 13.5. The van der Waals surface area contributed by atoms with Gasteiger partial charge < -0.3 is 9.30 Å². The minimum Gasteiger partial charge on any atom is -0.362 e. The molecule has 0 saturated heterocycles. The van der Waals surface area contributed by atoms with E-state index in [0.29, 0.717) is 6.61 Å². The molecule has 3 heteroatoms. The smallest absolute Gasteiger partial charge is 0.130 e. The van der Waals surface area contributed by atoms with E-state index in [2.05, 4.69) is 23.6 Å². The summed E-state index contributed by atoms with van der Waals surface area (Å²) < 4.78 is 21.8. The molecule has 0 amide bonds. The number of nitrogens with zero attached hydrogens (tertiary/aromatic N) is 1. The van der Waals surface area contributed by atoms with Gasteiger partial charge in [-0.15, -0.1) is 0 Å². The van der Waals surface area contributed by atoms with Gasteiger partial charge in [-0.3, -0.25) is 0 Å². The van der Waals surface area contributed by atoms with E-state index in [9.17, 15) is 4.39 Å². The molecule has 106 valence electrons. The standard InChI is InChI=1S/C18H16FNO/c1-18(14-5-3-2-4-6-14)17-12-13-11-15(19)7-8-16(13)20(17)9-10-21-18/h2-8,11-12H,9-10H2,1H3. The lowest BCUT2D eigenvalue weighted by Gasteiger charge is -2.36. The molecule has 1 atom stereocenters. The van der Waals surface area contributed by atoms with Gasteiger partial charge in [0, 0.05) is 17.4 Å². The fourth-order valence-corrected chi connectivity index (χ4v) is 3.28. The van der Waals surface area contributed by atoms with Gasteiger partial charge in [-0.25, -0.2) is 4.39 Å². The average Bonchev–Trinajstić information content (AvgIpc) is 2.87. The van der Waals surface area contributed by atoms with E-state index < -0.39 is 5.60 Å². The highest BCUT2D eigenvalue weighted by molar-refractivity contribution is 5.82. The molecular weight excluding hydrogens is 265 g/mol. The first-order chi connectivity index (χ1) is 10.2. The van der Waals surface area contributed by atoms with Gasteiger partial charge in [0.15, 0.2) is 0 Å². The number of aromatic nitrogens is 1. The molecule has 0 radical (unpaired) electrons. The Kier molecular flexibility index (Phi) is 2.66. The first-order valence-electron chi connectivity index (χ1n) is 7.17. The van der Waals surface area contributed by atoms with E-state index in [0.717, 1.165) is 28.7 Å². The molecule has 0 N–H and O–H groups in total. The Labute approximate surface area is 122 Å². The summed E-state index contributed by atoms with van der Waals surface area (Å²) in [6.45, 7) is 3.54. The summed E-state index contributed by atoms with van der Waals surface area (Å²) in [7, 11) is 0. The van der Waals surface area contributed by atoms with Crippen molar-refractivity contribution in [3.05, 3.63) is 71.7 Å². The number of hydrogen-bond acceptors (Lipinski definition) is 1. The van der Waals surface area contributed by atoms with Crippen molar-refractivity contribution >= 4 is 10.9 Å². The van der Waals surface area contributed by atoms with E-state index in [1.807, 2.05) is 30.3 Å². The van der Waals surface area contributed by atoms with E-state index in [1.54, 1.807) is 6.07 Å². The summed E-state index contributed by atoms with van der Waals surface area (Å²) in [4.78, 5) is 0. The highest BCUT2D eigenvalue weighted by Gasteiger charge is 2.36. The number of halogens is 1. The monoisotopic (exact) mass is 281 g/mol. The van der Waals surface area contributed by atoms with E-state index in [-0.39, 0.29) is 5.82 Å². The van der Waals surface area contributed by atoms with Gasteiger partial charge in [0.25, 0.3) is 0 Å². The zero-order chi connectivity index (χ0) is 14.4. The normalized spacial score (nSPS) is 21.4. The zero-order valence-electron chi connectivity index (χ0n) is 11.8. The van der Waals surface area contributed by atoms with Crippen molar-refractivity contribution < 1.29 is 9.13 Å². The van der Waals surface area contributed by atoms with Gasteiger partial charge >= 0.3 is 0 Å². The molecule has 1 unspecified atom stereocenters. The van der Waals surface area contributed by atoms with Gasteiger partial charge in [0.2, 0.25) is 0 Å². The Morgan fingerprint density at radius 2 is 1.90 bits per heavy atom. The quantitative estimate of drug-likeness (QED) is 0.655. The SMILES string of the molecule is CC1(c2ccccc2)OCCn2c1cc1cc(F)ccc12. The molecule has 1 aliphatic rings. The van der Waals surface area contributed by atoms with Gasteiger partial charge in [0.05, 0.1) is 12.3 Å². The van der Waals surface area contributed by atoms with Crippen LogP contribution in [0, 0.1) is 5.82 Å². The van der Waals surface area contributed by atoms with Crippen molar-refractivity contribution in [3.8, 4) is 0 Å². The van der Waals surface area contributed by atoms with E-state index >= 15 is 0 Å². The molecule has 0 spiro atoms. The highest BCUT2D eigenvalue weighted by atomic mass is 19.1. The Morgan fingerprint density at radius 3 is 2.71 bits per heavy atom. The van der Waals surface area contributed by atoms with Crippen LogP contribution in [-0.4, -0.2) is 11.2 Å². The van der Waals surface area contributed by atoms with Gasteiger partial charge in [-0.05, 0) is 36.8 Å². The minimum absolute atomic E-state index is 0.201. The first kappa shape index (κ1) is 12.6. The molecule has 1 aliphatic heterocycles. The van der Waals surface area contributed by atoms with Crippen LogP contribution in [0.1, 0.15) is 18.2 Å². The van der Waals surface area contributed by atoms with Crippen LogP contribution in [-0.2, 0) is 16.9 Å². The fraction of sp³-hybridized carbons (Fsp3) is 0.222. The zero-order valence-corrected chi connectivity index (χ0v) is 11.8. The second-order valence-corrected chi connectivity index (χ2v) is 5.63. The average molecular weight is 281 g/mol. The molecule has 0 aliphatic carbocycles. The Hall–Kier alpha value is -2.13. The topological polar surface area (TPSA) is 14.2 Å². The van der Waals surface area contributed by atoms with Crippen LogP contribution in [0.5, 0.6) is 0 Å². The molecule has 3 aromatic rings. The molecule has 1 aromatic heterocycles. The second kappa shape index (κ2) is 4.43. The highest BCUT2D eigenvalue weighted by Crippen LogP contribution is 2.39. The maximum Gasteiger partial charge on any atom is 0.130 e. The summed E-state index contributed by atoms with van der Waals surface area (Å²) >= 11 is 0. The van der Waals surface area contributed by atoms with Crippen LogP contribution in [0.2, 0.25) is 0 Å². The number of benzene rings is 2. The van der Waals surface area contributed by atoms with E-state index in [4.69, 9.17) is 4.74 Å². The molecule has 0 saturated carbocycles. The number of fused-ring (bicyclic) bond motifs is 3. The molecule has 2 aromatic carbocycles. The second-order valence-electron chi connectivity index (χ2n) is 5.63. The lowest BCUT2D eigenvalue weighted by atomic mass is 9.91. The molecule has 2 nitrogen and oxygen atoms in total. The molecule has 2 heterocycles. The van der Waals surface area contributed by atoms with Gasteiger partial charge in [-0.1, -0.05) is 30.3 Å². The van der Waals surface area contributed by atoms with Gasteiger partial charge in [0.1, 0.15) is 11.4 Å². The summed E-state index contributed by atoms with van der Waals surface area (Å²) in [6.07, 6.45) is 0. The lowest BCUT2D eigenvalue weighted by molar-refractivity contribution is -0.0326. The summed E-state index contributed by atoms with van der Waals surface area (Å²) in [6, 6.07) is 17.2. The minimum atomic E-state index is -0.491. The van der Waals surface area contributed by atoms with Crippen LogP contribution in [0.15, 0.2) is 54.6 Å². The van der Waals surface area contributed by atoms with Crippen molar-refractivity contribution in [2.45, 2.75) is 19.1 Å². The third-order valence-electron chi connectivity index (χ3n) is 4.38. The van der Waals surface area contributed by atoms with Crippen LogP contribution >= 0.6 is 0 Å². The lowest BCUT2D eigenvalue weighted by Crippen LogP contribution is -2.36. The third kappa shape index (κ3) is 1.81. The molecule has 21 heavy (non-hydrogen) atoms. The van der Waals surface area contributed by atoms with Gasteiger partial charge in [-0.2, -0.15) is 0 Å². The fourth-order valence-electron chi connectivity index (χ4n) is 3.28. The molecule has 4 rings (SSSR count). The van der Waals surface area contributed by atoms with E-state index in [1.165, 1.54) is 6.07 Å². The Morgan fingerprint density at radius 1 is 1.10 bits per heavy atom.